The third-order valence-electron chi connectivity index (χ3n) is 4.17. The van der Waals surface area contributed by atoms with Crippen LogP contribution in [0, 0.1) is 17.8 Å². The van der Waals surface area contributed by atoms with E-state index in [1.54, 1.807) is 0 Å². The molecule has 3 unspecified atom stereocenters. The average molecular weight is 240 g/mol. The largest absolute Gasteiger partial charge is 0.316 e. The molecular formula is C15H32N2. The zero-order valence-corrected chi connectivity index (χ0v) is 12.5. The molecule has 1 aliphatic heterocycles. The maximum Gasteiger partial charge on any atom is 0.00676 e. The molecule has 0 saturated carbocycles. The van der Waals surface area contributed by atoms with Crippen LogP contribution >= 0.6 is 0 Å². The summed E-state index contributed by atoms with van der Waals surface area (Å²) < 4.78 is 0. The lowest BCUT2D eigenvalue weighted by Crippen LogP contribution is -2.32. The SMILES string of the molecule is CC(C)CNCCCC(C)N1CC(C)C(C)C1. The number of hydrogen-bond acceptors (Lipinski definition) is 2. The highest BCUT2D eigenvalue weighted by Gasteiger charge is 2.28. The lowest BCUT2D eigenvalue weighted by Gasteiger charge is -2.24. The third kappa shape index (κ3) is 5.39. The van der Waals surface area contributed by atoms with E-state index < -0.39 is 0 Å². The van der Waals surface area contributed by atoms with Gasteiger partial charge >= 0.3 is 0 Å². The summed E-state index contributed by atoms with van der Waals surface area (Å²) in [7, 11) is 0. The van der Waals surface area contributed by atoms with Gasteiger partial charge in [-0.25, -0.2) is 0 Å². The summed E-state index contributed by atoms with van der Waals surface area (Å²) in [4.78, 5) is 2.68. The average Bonchev–Trinajstić information content (AvgIpc) is 2.58. The van der Waals surface area contributed by atoms with Gasteiger partial charge in [-0.2, -0.15) is 0 Å². The highest BCUT2D eigenvalue weighted by molar-refractivity contribution is 4.81. The zero-order valence-electron chi connectivity index (χ0n) is 12.5. The highest BCUT2D eigenvalue weighted by Crippen LogP contribution is 2.24. The predicted molar refractivity (Wildman–Crippen MR) is 76.3 cm³/mol. The van der Waals surface area contributed by atoms with Crippen LogP contribution in [-0.2, 0) is 0 Å². The van der Waals surface area contributed by atoms with Crippen LogP contribution in [0.15, 0.2) is 0 Å². The van der Waals surface area contributed by atoms with Crippen molar-refractivity contribution in [3.8, 4) is 0 Å². The van der Waals surface area contributed by atoms with Gasteiger partial charge in [-0.05, 0) is 50.6 Å². The molecule has 0 spiro atoms. The van der Waals surface area contributed by atoms with Crippen LogP contribution in [0.3, 0.4) is 0 Å². The van der Waals surface area contributed by atoms with Crippen LogP contribution in [0.1, 0.15) is 47.5 Å². The molecule has 0 radical (unpaired) electrons. The maximum atomic E-state index is 3.53. The van der Waals surface area contributed by atoms with Crippen molar-refractivity contribution >= 4 is 0 Å². The summed E-state index contributed by atoms with van der Waals surface area (Å²) in [6.07, 6.45) is 2.65. The third-order valence-corrected chi connectivity index (χ3v) is 4.17. The van der Waals surface area contributed by atoms with E-state index in [0.717, 1.165) is 30.3 Å². The Balaban J connectivity index is 2.07. The van der Waals surface area contributed by atoms with E-state index in [1.807, 2.05) is 0 Å². The molecule has 2 nitrogen and oxygen atoms in total. The smallest absolute Gasteiger partial charge is 0.00676 e. The first-order valence-corrected chi connectivity index (χ1v) is 7.45. The molecule has 0 aromatic heterocycles. The molecule has 0 aromatic carbocycles. The van der Waals surface area contributed by atoms with Crippen LogP contribution in [0.2, 0.25) is 0 Å². The van der Waals surface area contributed by atoms with Gasteiger partial charge in [-0.1, -0.05) is 27.7 Å². The topological polar surface area (TPSA) is 15.3 Å². The number of hydrogen-bond donors (Lipinski definition) is 1. The van der Waals surface area contributed by atoms with Gasteiger partial charge < -0.3 is 10.2 Å². The van der Waals surface area contributed by atoms with E-state index in [4.69, 9.17) is 0 Å². The van der Waals surface area contributed by atoms with E-state index in [1.165, 1.54) is 32.5 Å². The Hall–Kier alpha value is -0.0800. The standard InChI is InChI=1S/C15H32N2/c1-12(2)9-16-8-6-7-15(5)17-10-13(3)14(4)11-17/h12-16H,6-11H2,1-5H3. The fourth-order valence-electron chi connectivity index (χ4n) is 2.63. The molecule has 102 valence electrons. The molecule has 1 N–H and O–H groups in total. The second-order valence-corrected chi connectivity index (χ2v) is 6.50. The summed E-state index contributed by atoms with van der Waals surface area (Å²) in [6, 6.07) is 0.767. The second kappa shape index (κ2) is 7.38. The minimum Gasteiger partial charge on any atom is -0.316 e. The van der Waals surface area contributed by atoms with Crippen molar-refractivity contribution in [1.29, 1.82) is 0 Å². The molecule has 1 aliphatic rings. The molecule has 1 saturated heterocycles. The zero-order chi connectivity index (χ0) is 12.8. The van der Waals surface area contributed by atoms with Crippen molar-refractivity contribution < 1.29 is 0 Å². The summed E-state index contributed by atoms with van der Waals surface area (Å²) in [5.74, 6) is 2.54. The molecule has 3 atom stereocenters. The van der Waals surface area contributed by atoms with Gasteiger partial charge in [0.15, 0.2) is 0 Å². The number of nitrogens with one attached hydrogen (secondary N) is 1. The van der Waals surface area contributed by atoms with E-state index in [2.05, 4.69) is 44.8 Å². The molecule has 0 aliphatic carbocycles. The van der Waals surface area contributed by atoms with E-state index in [-0.39, 0.29) is 0 Å². The van der Waals surface area contributed by atoms with Crippen molar-refractivity contribution in [1.82, 2.24) is 10.2 Å². The summed E-state index contributed by atoms with van der Waals surface area (Å²) in [5.41, 5.74) is 0. The molecule has 1 rings (SSSR count). The molecule has 1 fully saturated rings. The fourth-order valence-corrected chi connectivity index (χ4v) is 2.63. The van der Waals surface area contributed by atoms with Crippen LogP contribution < -0.4 is 5.32 Å². The molecule has 0 amide bonds. The Labute approximate surface area is 108 Å². The lowest BCUT2D eigenvalue weighted by atomic mass is 10.0. The van der Waals surface area contributed by atoms with E-state index in [9.17, 15) is 0 Å². The van der Waals surface area contributed by atoms with Gasteiger partial charge in [0.05, 0.1) is 0 Å². The van der Waals surface area contributed by atoms with Crippen LogP contribution in [0.4, 0.5) is 0 Å². The fraction of sp³-hybridized carbons (Fsp3) is 1.00. The van der Waals surface area contributed by atoms with Crippen molar-refractivity contribution in [2.24, 2.45) is 17.8 Å². The molecule has 17 heavy (non-hydrogen) atoms. The molecular weight excluding hydrogens is 208 g/mol. The van der Waals surface area contributed by atoms with Crippen molar-refractivity contribution in [2.75, 3.05) is 26.2 Å². The Bertz CT molecular complexity index is 193. The van der Waals surface area contributed by atoms with Crippen molar-refractivity contribution in [3.05, 3.63) is 0 Å². The Morgan fingerprint density at radius 1 is 1.12 bits per heavy atom. The summed E-state index contributed by atoms with van der Waals surface area (Å²) in [5, 5.41) is 3.53. The highest BCUT2D eigenvalue weighted by atomic mass is 15.2. The van der Waals surface area contributed by atoms with E-state index >= 15 is 0 Å². The van der Waals surface area contributed by atoms with Gasteiger partial charge in [0.25, 0.3) is 0 Å². The van der Waals surface area contributed by atoms with Gasteiger partial charge in [0, 0.05) is 19.1 Å². The van der Waals surface area contributed by atoms with Gasteiger partial charge in [0.2, 0.25) is 0 Å². The van der Waals surface area contributed by atoms with E-state index in [0.29, 0.717) is 0 Å². The first kappa shape index (κ1) is 15.0. The second-order valence-electron chi connectivity index (χ2n) is 6.50. The van der Waals surface area contributed by atoms with Crippen molar-refractivity contribution in [3.63, 3.8) is 0 Å². The summed E-state index contributed by atoms with van der Waals surface area (Å²) >= 11 is 0. The first-order valence-electron chi connectivity index (χ1n) is 7.45. The van der Waals surface area contributed by atoms with Crippen LogP contribution in [0.5, 0.6) is 0 Å². The molecule has 0 aromatic rings. The van der Waals surface area contributed by atoms with Crippen LogP contribution in [-0.4, -0.2) is 37.1 Å². The minimum absolute atomic E-state index is 0.767. The predicted octanol–water partition coefficient (Wildman–Crippen LogP) is 2.99. The quantitative estimate of drug-likeness (QED) is 0.688. The molecule has 0 bridgehead atoms. The monoisotopic (exact) mass is 240 g/mol. The first-order chi connectivity index (χ1) is 8.00. The maximum absolute atomic E-state index is 3.53. The Kier molecular flexibility index (Phi) is 6.50. The summed E-state index contributed by atoms with van der Waals surface area (Å²) in [6.45, 7) is 16.7. The number of nitrogens with zero attached hydrogens (tertiary/aromatic N) is 1. The van der Waals surface area contributed by atoms with Gasteiger partial charge in [-0.3, -0.25) is 0 Å². The lowest BCUT2D eigenvalue weighted by molar-refractivity contribution is 0.232. The number of likely N-dealkylation sites (tertiary alicyclic amines) is 1. The van der Waals surface area contributed by atoms with Crippen LogP contribution in [0.25, 0.3) is 0 Å². The van der Waals surface area contributed by atoms with Gasteiger partial charge in [-0.15, -0.1) is 0 Å². The minimum atomic E-state index is 0.767. The Morgan fingerprint density at radius 2 is 1.71 bits per heavy atom. The van der Waals surface area contributed by atoms with Gasteiger partial charge in [0.1, 0.15) is 0 Å². The Morgan fingerprint density at radius 3 is 2.24 bits per heavy atom. The molecule has 2 heteroatoms. The normalized spacial score (nSPS) is 27.9. The number of rotatable bonds is 7. The van der Waals surface area contributed by atoms with Crippen molar-refractivity contribution in [2.45, 2.75) is 53.5 Å². The molecule has 1 heterocycles.